The van der Waals surface area contributed by atoms with Gasteiger partial charge in [0, 0.05) is 17.1 Å². The molecule has 0 heterocycles. The van der Waals surface area contributed by atoms with Gasteiger partial charge in [-0.3, -0.25) is 0 Å². The van der Waals surface area contributed by atoms with E-state index < -0.39 is 0 Å². The summed E-state index contributed by atoms with van der Waals surface area (Å²) in [5.74, 6) is 0. The molecule has 0 aromatic carbocycles. The van der Waals surface area contributed by atoms with Gasteiger partial charge in [-0.2, -0.15) is 0 Å². The first kappa shape index (κ1) is 8.87. The van der Waals surface area contributed by atoms with Gasteiger partial charge in [0.05, 0.1) is 0 Å². The van der Waals surface area contributed by atoms with Crippen LogP contribution in [0, 0.1) is 10.7 Å². The molecule has 0 saturated carbocycles. The Labute approximate surface area is 42.4 Å². The Bertz CT molecular complexity index is 33.1. The van der Waals surface area contributed by atoms with Crippen LogP contribution in [-0.4, -0.2) is 0 Å². The summed E-state index contributed by atoms with van der Waals surface area (Å²) in [6.45, 7) is 0. The molecule has 0 amide bonds. The van der Waals surface area contributed by atoms with E-state index in [-0.39, 0.29) is 18.5 Å². The third-order valence-electron chi connectivity index (χ3n) is 0. The monoisotopic (exact) mass is 115 g/mol. The van der Waals surface area contributed by atoms with E-state index in [1.165, 1.54) is 5.40 Å². The van der Waals surface area contributed by atoms with Gasteiger partial charge in [-0.25, -0.2) is 5.26 Å². The molecule has 1 nitrogen and oxygen atoms in total. The Kier molecular flexibility index (Phi) is 23.6. The molecule has 0 aliphatic heterocycles. The molecular formula is CHFeNS. The van der Waals surface area contributed by atoms with Crippen LogP contribution in [0.4, 0.5) is 0 Å². The fraction of sp³-hybridized carbons (Fsp3) is 0. The molecule has 24 valence electrons. The smallest absolute Gasteiger partial charge is 0.696 e. The maximum Gasteiger partial charge on any atom is 1.00 e. The van der Waals surface area contributed by atoms with Gasteiger partial charge in [-0.15, -0.1) is 0 Å². The van der Waals surface area contributed by atoms with E-state index in [0.29, 0.717) is 0 Å². The molecule has 0 aliphatic rings. The van der Waals surface area contributed by atoms with Gasteiger partial charge in [0.2, 0.25) is 0 Å². The van der Waals surface area contributed by atoms with Gasteiger partial charge in [-0.05, 0) is 0 Å². The molecule has 0 unspecified atom stereocenters. The molecule has 0 radical (unpaired) electrons. The summed E-state index contributed by atoms with van der Waals surface area (Å²) in [6.07, 6.45) is 0. The zero-order chi connectivity index (χ0) is 2.71. The van der Waals surface area contributed by atoms with Crippen molar-refractivity contribution in [2.75, 3.05) is 0 Å². The van der Waals surface area contributed by atoms with Crippen molar-refractivity contribution in [3.8, 4) is 5.40 Å². The topological polar surface area (TPSA) is 23.8 Å². The second kappa shape index (κ2) is 10.6. The number of hydrogen-bond donors (Lipinski definition) is 0. The minimum atomic E-state index is 0. The normalized spacial score (nSPS) is 1.75. The SMILES string of the molecule is N#C[S-].[Fe].[H+]. The molecule has 0 atom stereocenters. The predicted molar refractivity (Wildman–Crippen MR) is 14.1 cm³/mol. The second-order valence-corrected chi connectivity index (χ2v) is 0.274. The van der Waals surface area contributed by atoms with Crippen molar-refractivity contribution < 1.29 is 18.5 Å². The van der Waals surface area contributed by atoms with Gasteiger partial charge in [0.25, 0.3) is 0 Å². The molecule has 0 bridgehead atoms. The third-order valence-corrected chi connectivity index (χ3v) is 0. The second-order valence-electron chi connectivity index (χ2n) is 0.0913. The fourth-order valence-electron chi connectivity index (χ4n) is 0. The van der Waals surface area contributed by atoms with Crippen molar-refractivity contribution >= 4 is 12.6 Å². The molecule has 0 rings (SSSR count). The van der Waals surface area contributed by atoms with Crippen LogP contribution in [0.25, 0.3) is 0 Å². The maximum atomic E-state index is 7.13. The first-order valence-electron chi connectivity index (χ1n) is 0.428. The zero-order valence-corrected chi connectivity index (χ0v) is 3.63. The number of rotatable bonds is 0. The van der Waals surface area contributed by atoms with E-state index in [0.717, 1.165) is 0 Å². The molecule has 4 heavy (non-hydrogen) atoms. The van der Waals surface area contributed by atoms with Crippen molar-refractivity contribution in [1.29, 1.82) is 5.26 Å². The first-order valence-corrected chi connectivity index (χ1v) is 0.836. The van der Waals surface area contributed by atoms with Crippen LogP contribution in [0.1, 0.15) is 1.43 Å². The van der Waals surface area contributed by atoms with Crippen molar-refractivity contribution in [3.63, 3.8) is 0 Å². The Morgan fingerprint density at radius 2 is 2.00 bits per heavy atom. The van der Waals surface area contributed by atoms with Crippen molar-refractivity contribution in [2.45, 2.75) is 0 Å². The number of thiocyanates is 1. The number of nitriles is 1. The molecular weight excluding hydrogens is 114 g/mol. The Morgan fingerprint density at radius 3 is 2.00 bits per heavy atom. The summed E-state index contributed by atoms with van der Waals surface area (Å²) >= 11 is 3.70. The minimum Gasteiger partial charge on any atom is -0.696 e. The van der Waals surface area contributed by atoms with E-state index in [1.807, 2.05) is 0 Å². The van der Waals surface area contributed by atoms with Crippen molar-refractivity contribution in [2.24, 2.45) is 0 Å². The summed E-state index contributed by atoms with van der Waals surface area (Å²) in [5, 5.41) is 8.47. The Morgan fingerprint density at radius 1 is 2.00 bits per heavy atom. The zero-order valence-electron chi connectivity index (χ0n) is 2.71. The number of nitrogens with zero attached hydrogens (tertiary/aromatic N) is 1. The third kappa shape index (κ3) is 64.0. The van der Waals surface area contributed by atoms with Crippen LogP contribution >= 0.6 is 0 Å². The van der Waals surface area contributed by atoms with Crippen LogP contribution in [-0.2, 0) is 29.7 Å². The Hall–Kier alpha value is 0.229. The van der Waals surface area contributed by atoms with Gasteiger partial charge in [0.15, 0.2) is 0 Å². The number of hydrogen-bond acceptors (Lipinski definition) is 2. The van der Waals surface area contributed by atoms with Gasteiger partial charge in [0.1, 0.15) is 0 Å². The summed E-state index contributed by atoms with van der Waals surface area (Å²) < 4.78 is 0. The first-order chi connectivity index (χ1) is 1.41. The average molecular weight is 115 g/mol. The molecule has 0 N–H and O–H groups in total. The summed E-state index contributed by atoms with van der Waals surface area (Å²) in [4.78, 5) is 0. The molecule has 0 aliphatic carbocycles. The molecule has 0 aromatic rings. The quantitative estimate of drug-likeness (QED) is 0.254. The average Bonchev–Trinajstić information content (AvgIpc) is 0.918. The van der Waals surface area contributed by atoms with Gasteiger partial charge < -0.3 is 12.6 Å². The fourth-order valence-corrected chi connectivity index (χ4v) is 0. The van der Waals surface area contributed by atoms with E-state index >= 15 is 0 Å². The van der Waals surface area contributed by atoms with Crippen LogP contribution in [0.5, 0.6) is 0 Å². The maximum absolute atomic E-state index is 7.13. The van der Waals surface area contributed by atoms with Crippen molar-refractivity contribution in [3.05, 3.63) is 0 Å². The van der Waals surface area contributed by atoms with Crippen LogP contribution in [0.15, 0.2) is 0 Å². The molecule has 0 spiro atoms. The van der Waals surface area contributed by atoms with E-state index in [2.05, 4.69) is 12.6 Å². The predicted octanol–water partition coefficient (Wildman–Crippen LogP) is 0.124. The van der Waals surface area contributed by atoms with E-state index in [4.69, 9.17) is 5.26 Å². The van der Waals surface area contributed by atoms with Crippen molar-refractivity contribution in [1.82, 2.24) is 0 Å². The largest absolute Gasteiger partial charge is 1.00 e. The van der Waals surface area contributed by atoms with Gasteiger partial charge in [-0.1, -0.05) is 5.40 Å². The van der Waals surface area contributed by atoms with Crippen LogP contribution < -0.4 is 0 Å². The summed E-state index contributed by atoms with van der Waals surface area (Å²) in [6, 6.07) is 0. The Balaban J connectivity index is -0.0000000200. The standard InChI is InChI=1S/CHNS.Fe/c2-1-3;/h3H;. The van der Waals surface area contributed by atoms with Crippen LogP contribution in [0.2, 0.25) is 0 Å². The van der Waals surface area contributed by atoms with Crippen LogP contribution in [0.3, 0.4) is 0 Å². The minimum absolute atomic E-state index is 0. The summed E-state index contributed by atoms with van der Waals surface area (Å²) in [7, 11) is 0. The van der Waals surface area contributed by atoms with Gasteiger partial charge >= 0.3 is 1.43 Å². The molecule has 3 heteroatoms. The molecule has 0 fully saturated rings. The summed E-state index contributed by atoms with van der Waals surface area (Å²) in [5.41, 5.74) is 0. The van der Waals surface area contributed by atoms with E-state index in [1.54, 1.807) is 0 Å². The molecule has 0 saturated heterocycles. The van der Waals surface area contributed by atoms with E-state index in [9.17, 15) is 0 Å². The molecule has 0 aromatic heterocycles.